The molecule has 0 heterocycles. The zero-order valence-corrected chi connectivity index (χ0v) is 12.9. The largest absolute Gasteiger partial charge is 0.297 e. The summed E-state index contributed by atoms with van der Waals surface area (Å²) in [5.74, 6) is 6.14. The maximum absolute atomic E-state index is 3.90. The highest BCUT2D eigenvalue weighted by molar-refractivity contribution is 5.72. The number of allylic oxidation sites excluding steroid dienone is 12. The monoisotopic (exact) mass is 277 g/mol. The highest BCUT2D eigenvalue weighted by Gasteiger charge is 1.83. The third-order valence-electron chi connectivity index (χ3n) is 2.25. The number of aliphatic imine (C=N–C) groups is 1. The Morgan fingerprint density at radius 3 is 2.52 bits per heavy atom. The lowest BCUT2D eigenvalue weighted by molar-refractivity contribution is 1.21. The van der Waals surface area contributed by atoms with Crippen LogP contribution in [-0.2, 0) is 0 Å². The summed E-state index contributed by atoms with van der Waals surface area (Å²) in [4.78, 5) is 3.90. The third-order valence-corrected chi connectivity index (χ3v) is 2.25. The Hall–Kier alpha value is -2.59. The number of rotatable bonds is 7. The highest BCUT2D eigenvalue weighted by Crippen LogP contribution is 2.00. The van der Waals surface area contributed by atoms with Gasteiger partial charge >= 0.3 is 0 Å². The molecule has 0 aromatic rings. The van der Waals surface area contributed by atoms with E-state index in [1.807, 2.05) is 42.5 Å². The molecule has 0 aliphatic rings. The van der Waals surface area contributed by atoms with E-state index in [2.05, 4.69) is 43.0 Å². The van der Waals surface area contributed by atoms with Crippen LogP contribution in [0.1, 0.15) is 13.3 Å². The molecule has 0 saturated heterocycles. The van der Waals surface area contributed by atoms with Gasteiger partial charge in [-0.3, -0.25) is 4.99 Å². The predicted octanol–water partition coefficient (Wildman–Crippen LogP) is 4.99. The van der Waals surface area contributed by atoms with E-state index in [0.29, 0.717) is 0 Å². The molecule has 0 bridgehead atoms. The van der Waals surface area contributed by atoms with Gasteiger partial charge in [0.1, 0.15) is 0 Å². The van der Waals surface area contributed by atoms with Gasteiger partial charge in [0.15, 0.2) is 0 Å². The molecule has 0 aromatic heterocycles. The van der Waals surface area contributed by atoms with Crippen molar-refractivity contribution in [1.82, 2.24) is 0 Å². The van der Waals surface area contributed by atoms with Gasteiger partial charge in [0.2, 0.25) is 0 Å². The fourth-order valence-corrected chi connectivity index (χ4v) is 1.36. The van der Waals surface area contributed by atoms with E-state index in [0.717, 1.165) is 17.6 Å². The quantitative estimate of drug-likeness (QED) is 0.353. The SMILES string of the molecule is C=C/C=C\C(C#CC=CC(/C=C\C=NC)=C/C=C)=C/CC. The molecule has 0 aromatic carbocycles. The molecule has 21 heavy (non-hydrogen) atoms. The Kier molecular flexibility index (Phi) is 12.1. The molecule has 1 nitrogen and oxygen atoms in total. The van der Waals surface area contributed by atoms with E-state index in [-0.39, 0.29) is 0 Å². The lowest BCUT2D eigenvalue weighted by Gasteiger charge is -1.89. The zero-order chi connectivity index (χ0) is 15.8. The molecule has 0 atom stereocenters. The van der Waals surface area contributed by atoms with Crippen LogP contribution < -0.4 is 0 Å². The first kappa shape index (κ1) is 18.4. The molecule has 1 heteroatoms. The van der Waals surface area contributed by atoms with Crippen molar-refractivity contribution in [3.8, 4) is 11.8 Å². The molecule has 108 valence electrons. The van der Waals surface area contributed by atoms with Crippen molar-refractivity contribution in [2.75, 3.05) is 7.05 Å². The van der Waals surface area contributed by atoms with Crippen LogP contribution in [0.25, 0.3) is 0 Å². The first-order valence-electron chi connectivity index (χ1n) is 6.87. The second-order valence-electron chi connectivity index (χ2n) is 3.93. The van der Waals surface area contributed by atoms with E-state index in [4.69, 9.17) is 0 Å². The first-order chi connectivity index (χ1) is 10.3. The van der Waals surface area contributed by atoms with Gasteiger partial charge in [-0.1, -0.05) is 68.4 Å². The van der Waals surface area contributed by atoms with Gasteiger partial charge in [-0.05, 0) is 36.3 Å². The number of hydrogen-bond acceptors (Lipinski definition) is 1. The van der Waals surface area contributed by atoms with Crippen LogP contribution in [0.5, 0.6) is 0 Å². The fraction of sp³-hybridized carbons (Fsp3) is 0.150. The van der Waals surface area contributed by atoms with E-state index in [1.54, 1.807) is 25.4 Å². The maximum Gasteiger partial charge on any atom is 0.0277 e. The molecule has 0 saturated carbocycles. The van der Waals surface area contributed by atoms with Crippen LogP contribution in [0, 0.1) is 11.8 Å². The van der Waals surface area contributed by atoms with Crippen LogP contribution in [0.4, 0.5) is 0 Å². The van der Waals surface area contributed by atoms with Crippen LogP contribution in [0.3, 0.4) is 0 Å². The normalized spacial score (nSPS) is 13.2. The predicted molar refractivity (Wildman–Crippen MR) is 96.5 cm³/mol. The number of nitrogens with zero attached hydrogens (tertiary/aromatic N) is 1. The molecule has 0 amide bonds. The van der Waals surface area contributed by atoms with Crippen molar-refractivity contribution in [2.45, 2.75) is 13.3 Å². The summed E-state index contributed by atoms with van der Waals surface area (Å²) in [5.41, 5.74) is 2.01. The smallest absolute Gasteiger partial charge is 0.0277 e. The molecule has 0 rings (SSSR count). The Morgan fingerprint density at radius 2 is 1.90 bits per heavy atom. The van der Waals surface area contributed by atoms with Gasteiger partial charge in [0, 0.05) is 18.8 Å². The van der Waals surface area contributed by atoms with Crippen molar-refractivity contribution >= 4 is 6.21 Å². The van der Waals surface area contributed by atoms with Crippen LogP contribution in [0.2, 0.25) is 0 Å². The molecule has 0 aliphatic carbocycles. The molecule has 0 spiro atoms. The Morgan fingerprint density at radius 1 is 1.10 bits per heavy atom. The minimum absolute atomic E-state index is 0.954. The van der Waals surface area contributed by atoms with Crippen LogP contribution in [-0.4, -0.2) is 13.3 Å². The van der Waals surface area contributed by atoms with Gasteiger partial charge < -0.3 is 0 Å². The van der Waals surface area contributed by atoms with Crippen molar-refractivity contribution in [3.63, 3.8) is 0 Å². The Labute approximate surface area is 129 Å². The van der Waals surface area contributed by atoms with Crippen molar-refractivity contribution < 1.29 is 0 Å². The van der Waals surface area contributed by atoms with E-state index < -0.39 is 0 Å². The summed E-state index contributed by atoms with van der Waals surface area (Å²) >= 11 is 0. The van der Waals surface area contributed by atoms with E-state index in [1.165, 1.54) is 0 Å². The van der Waals surface area contributed by atoms with Crippen LogP contribution in [0.15, 0.2) is 90.1 Å². The molecular weight excluding hydrogens is 254 g/mol. The summed E-state index contributed by atoms with van der Waals surface area (Å²) in [5, 5.41) is 0. The van der Waals surface area contributed by atoms with E-state index in [9.17, 15) is 0 Å². The van der Waals surface area contributed by atoms with Crippen molar-refractivity contribution in [3.05, 3.63) is 85.1 Å². The molecule has 0 N–H and O–H groups in total. The molecule has 0 aliphatic heterocycles. The topological polar surface area (TPSA) is 12.4 Å². The Balaban J connectivity index is 4.94. The second kappa shape index (κ2) is 13.8. The first-order valence-corrected chi connectivity index (χ1v) is 6.87. The summed E-state index contributed by atoms with van der Waals surface area (Å²) in [6.07, 6.45) is 21.6. The van der Waals surface area contributed by atoms with Crippen molar-refractivity contribution in [1.29, 1.82) is 0 Å². The maximum atomic E-state index is 3.90. The van der Waals surface area contributed by atoms with Gasteiger partial charge in [-0.2, -0.15) is 0 Å². The average Bonchev–Trinajstić information content (AvgIpc) is 2.49. The molecular formula is C20H23N. The number of hydrogen-bond donors (Lipinski definition) is 0. The summed E-state index contributed by atoms with van der Waals surface area (Å²) < 4.78 is 0. The van der Waals surface area contributed by atoms with E-state index >= 15 is 0 Å². The van der Waals surface area contributed by atoms with Crippen molar-refractivity contribution in [2.24, 2.45) is 4.99 Å². The van der Waals surface area contributed by atoms with Crippen LogP contribution >= 0.6 is 0 Å². The molecule has 0 radical (unpaired) electrons. The minimum atomic E-state index is 0.954. The fourth-order valence-electron chi connectivity index (χ4n) is 1.36. The highest BCUT2D eigenvalue weighted by atomic mass is 14.6. The third kappa shape index (κ3) is 11.0. The van der Waals surface area contributed by atoms with Gasteiger partial charge in [-0.15, -0.1) is 0 Å². The summed E-state index contributed by atoms with van der Waals surface area (Å²) in [6, 6.07) is 0. The zero-order valence-electron chi connectivity index (χ0n) is 12.9. The Bertz CT molecular complexity index is 552. The lowest BCUT2D eigenvalue weighted by Crippen LogP contribution is -1.73. The standard InChI is InChI=1S/C20H23N/c1-5-8-14-19(12-6-2)15-9-10-16-20(13-7-3)17-11-18-21-4/h5,7-8,10-14,16-18H,1,3,6H2,2,4H3/b14-8-,16-10?,17-11-,19-12+,20-13-,21-18?. The lowest BCUT2D eigenvalue weighted by atomic mass is 10.2. The van der Waals surface area contributed by atoms with Gasteiger partial charge in [0.25, 0.3) is 0 Å². The van der Waals surface area contributed by atoms with Gasteiger partial charge in [0.05, 0.1) is 0 Å². The summed E-state index contributed by atoms with van der Waals surface area (Å²) in [7, 11) is 1.74. The van der Waals surface area contributed by atoms with Gasteiger partial charge in [-0.25, -0.2) is 0 Å². The molecule has 0 unspecified atom stereocenters. The average molecular weight is 277 g/mol. The second-order valence-corrected chi connectivity index (χ2v) is 3.93. The summed E-state index contributed by atoms with van der Waals surface area (Å²) in [6.45, 7) is 9.45. The molecule has 0 fully saturated rings. The minimum Gasteiger partial charge on any atom is -0.297 e.